The molecule has 0 atom stereocenters. The molecule has 1 rings (SSSR count). The van der Waals surface area contributed by atoms with Gasteiger partial charge >= 0.3 is 12.1 Å². The van der Waals surface area contributed by atoms with E-state index < -0.39 is 23.5 Å². The fraction of sp³-hybridized carbons (Fsp3) is 0.231. The highest BCUT2D eigenvalue weighted by atomic mass is 19.4. The van der Waals surface area contributed by atoms with Gasteiger partial charge in [-0.25, -0.2) is 4.79 Å². The van der Waals surface area contributed by atoms with Crippen LogP contribution in [0.2, 0.25) is 0 Å². The SMILES string of the molecule is CCOC(=O)/C=C(\C(=O)c1ccccc1)C(F)(F)F. The molecule has 0 radical (unpaired) electrons. The molecule has 19 heavy (non-hydrogen) atoms. The van der Waals surface area contributed by atoms with E-state index in [1.165, 1.54) is 31.2 Å². The highest BCUT2D eigenvalue weighted by molar-refractivity contribution is 6.12. The van der Waals surface area contributed by atoms with Crippen molar-refractivity contribution in [1.29, 1.82) is 0 Å². The van der Waals surface area contributed by atoms with Gasteiger partial charge < -0.3 is 4.74 Å². The molecule has 0 bridgehead atoms. The van der Waals surface area contributed by atoms with Gasteiger partial charge in [0.15, 0.2) is 5.78 Å². The van der Waals surface area contributed by atoms with Crippen molar-refractivity contribution in [2.75, 3.05) is 6.61 Å². The van der Waals surface area contributed by atoms with Crippen LogP contribution in [0.1, 0.15) is 17.3 Å². The van der Waals surface area contributed by atoms with Gasteiger partial charge in [-0.2, -0.15) is 13.2 Å². The molecule has 0 saturated heterocycles. The Kier molecular flexibility index (Phi) is 4.86. The Labute approximate surface area is 107 Å². The number of carbonyl (C=O) groups excluding carboxylic acids is 2. The van der Waals surface area contributed by atoms with Crippen LogP contribution in [-0.4, -0.2) is 24.5 Å². The van der Waals surface area contributed by atoms with Gasteiger partial charge in [-0.05, 0) is 6.92 Å². The van der Waals surface area contributed by atoms with E-state index in [2.05, 4.69) is 4.74 Å². The molecule has 0 aliphatic rings. The molecule has 6 heteroatoms. The normalized spacial score (nSPS) is 12.1. The lowest BCUT2D eigenvalue weighted by molar-refractivity contribution is -0.138. The van der Waals surface area contributed by atoms with Crippen LogP contribution in [0.4, 0.5) is 13.2 Å². The molecule has 1 aromatic rings. The van der Waals surface area contributed by atoms with Crippen molar-refractivity contribution in [3.8, 4) is 0 Å². The molecular formula is C13H11F3O3. The number of hydrogen-bond acceptors (Lipinski definition) is 3. The number of carbonyl (C=O) groups is 2. The van der Waals surface area contributed by atoms with Crippen molar-refractivity contribution in [3.63, 3.8) is 0 Å². The van der Waals surface area contributed by atoms with Crippen LogP contribution in [0.5, 0.6) is 0 Å². The molecule has 0 N–H and O–H groups in total. The van der Waals surface area contributed by atoms with Crippen LogP contribution >= 0.6 is 0 Å². The number of alkyl halides is 3. The first-order valence-electron chi connectivity index (χ1n) is 5.41. The third kappa shape index (κ3) is 4.24. The lowest BCUT2D eigenvalue weighted by atomic mass is 10.0. The van der Waals surface area contributed by atoms with E-state index in [-0.39, 0.29) is 18.2 Å². The van der Waals surface area contributed by atoms with Gasteiger partial charge in [0.1, 0.15) is 5.57 Å². The van der Waals surface area contributed by atoms with Crippen molar-refractivity contribution in [3.05, 3.63) is 47.5 Å². The Balaban J connectivity index is 3.13. The second-order valence-corrected chi connectivity index (χ2v) is 3.50. The van der Waals surface area contributed by atoms with Gasteiger partial charge in [-0.3, -0.25) is 4.79 Å². The molecule has 3 nitrogen and oxygen atoms in total. The zero-order valence-corrected chi connectivity index (χ0v) is 10.0. The number of allylic oxidation sites excluding steroid dienone is 1. The quantitative estimate of drug-likeness (QED) is 0.481. The average molecular weight is 272 g/mol. The van der Waals surface area contributed by atoms with E-state index in [1.54, 1.807) is 6.07 Å². The molecule has 0 saturated carbocycles. The summed E-state index contributed by atoms with van der Waals surface area (Å²) >= 11 is 0. The molecule has 0 aromatic heterocycles. The number of hydrogen-bond donors (Lipinski definition) is 0. The van der Waals surface area contributed by atoms with Gasteiger partial charge in [0.2, 0.25) is 0 Å². The fourth-order valence-corrected chi connectivity index (χ4v) is 1.32. The number of ether oxygens (including phenoxy) is 1. The van der Waals surface area contributed by atoms with Crippen LogP contribution < -0.4 is 0 Å². The van der Waals surface area contributed by atoms with E-state index in [9.17, 15) is 22.8 Å². The van der Waals surface area contributed by atoms with E-state index in [0.29, 0.717) is 0 Å². The minimum Gasteiger partial charge on any atom is -0.463 e. The van der Waals surface area contributed by atoms with Crippen molar-refractivity contribution in [1.82, 2.24) is 0 Å². The van der Waals surface area contributed by atoms with E-state index in [1.807, 2.05) is 0 Å². The predicted octanol–water partition coefficient (Wildman–Crippen LogP) is 2.92. The third-order valence-corrected chi connectivity index (χ3v) is 2.13. The maximum atomic E-state index is 12.8. The average Bonchev–Trinajstić information content (AvgIpc) is 2.35. The topological polar surface area (TPSA) is 43.4 Å². The molecule has 0 aliphatic heterocycles. The minimum absolute atomic E-state index is 0.0694. The molecule has 102 valence electrons. The number of esters is 1. The Morgan fingerprint density at radius 1 is 1.21 bits per heavy atom. The monoisotopic (exact) mass is 272 g/mol. The predicted molar refractivity (Wildman–Crippen MR) is 61.5 cm³/mol. The Morgan fingerprint density at radius 2 is 1.79 bits per heavy atom. The number of Topliss-reactive ketones (excluding diaryl/α,β-unsaturated/α-hetero) is 1. The number of ketones is 1. The summed E-state index contributed by atoms with van der Waals surface area (Å²) in [4.78, 5) is 22.8. The number of benzene rings is 1. The zero-order valence-electron chi connectivity index (χ0n) is 10.0. The first-order chi connectivity index (χ1) is 8.86. The lowest BCUT2D eigenvalue weighted by Crippen LogP contribution is -2.22. The smallest absolute Gasteiger partial charge is 0.420 e. The summed E-state index contributed by atoms with van der Waals surface area (Å²) in [5, 5.41) is 0. The van der Waals surface area contributed by atoms with Crippen molar-refractivity contribution in [2.45, 2.75) is 13.1 Å². The highest BCUT2D eigenvalue weighted by Gasteiger charge is 2.39. The first-order valence-corrected chi connectivity index (χ1v) is 5.41. The van der Waals surface area contributed by atoms with Crippen molar-refractivity contribution in [2.24, 2.45) is 0 Å². The minimum atomic E-state index is -4.92. The van der Waals surface area contributed by atoms with Crippen LogP contribution in [0, 0.1) is 0 Å². The summed E-state index contributed by atoms with van der Waals surface area (Å²) in [6.45, 7) is 1.39. The Bertz CT molecular complexity index is 490. The maximum absolute atomic E-state index is 12.8. The first kappa shape index (κ1) is 14.9. The molecule has 0 amide bonds. The molecule has 0 aliphatic carbocycles. The molecular weight excluding hydrogens is 261 g/mol. The molecule has 0 unspecified atom stereocenters. The van der Waals surface area contributed by atoms with Gasteiger partial charge in [0, 0.05) is 11.6 Å². The summed E-state index contributed by atoms with van der Waals surface area (Å²) < 4.78 is 42.7. The molecule has 1 aromatic carbocycles. The third-order valence-electron chi connectivity index (χ3n) is 2.13. The van der Waals surface area contributed by atoms with Crippen molar-refractivity contribution < 1.29 is 27.5 Å². The molecule has 0 heterocycles. The van der Waals surface area contributed by atoms with E-state index in [4.69, 9.17) is 0 Å². The second-order valence-electron chi connectivity index (χ2n) is 3.50. The molecule has 0 spiro atoms. The zero-order chi connectivity index (χ0) is 14.5. The summed E-state index contributed by atoms with van der Waals surface area (Å²) in [7, 11) is 0. The standard InChI is InChI=1S/C13H11F3O3/c1-2-19-11(17)8-10(13(14,15)16)12(18)9-6-4-3-5-7-9/h3-8H,2H2,1H3/b10-8+. The fourth-order valence-electron chi connectivity index (χ4n) is 1.32. The van der Waals surface area contributed by atoms with Gasteiger partial charge in [0.25, 0.3) is 0 Å². The summed E-state index contributed by atoms with van der Waals surface area (Å²) in [5.74, 6) is -2.46. The number of halogens is 3. The highest BCUT2D eigenvalue weighted by Crippen LogP contribution is 2.28. The van der Waals surface area contributed by atoms with Crippen LogP contribution in [0.25, 0.3) is 0 Å². The van der Waals surface area contributed by atoms with Crippen LogP contribution in [0.15, 0.2) is 42.0 Å². The second kappa shape index (κ2) is 6.17. The van der Waals surface area contributed by atoms with Gasteiger partial charge in [-0.1, -0.05) is 30.3 Å². The largest absolute Gasteiger partial charge is 0.463 e. The van der Waals surface area contributed by atoms with Crippen molar-refractivity contribution >= 4 is 11.8 Å². The number of rotatable bonds is 4. The molecule has 0 fully saturated rings. The summed E-state index contributed by atoms with van der Waals surface area (Å²) in [6.07, 6.45) is -4.74. The maximum Gasteiger partial charge on any atom is 0.420 e. The van der Waals surface area contributed by atoms with Crippen LogP contribution in [-0.2, 0) is 9.53 Å². The van der Waals surface area contributed by atoms with E-state index >= 15 is 0 Å². The Hall–Kier alpha value is -2.11. The summed E-state index contributed by atoms with van der Waals surface area (Å²) in [6, 6.07) is 6.93. The Morgan fingerprint density at radius 3 is 2.26 bits per heavy atom. The van der Waals surface area contributed by atoms with E-state index in [0.717, 1.165) is 0 Å². The van der Waals surface area contributed by atoms with Crippen LogP contribution in [0.3, 0.4) is 0 Å². The lowest BCUT2D eigenvalue weighted by Gasteiger charge is -2.10. The summed E-state index contributed by atoms with van der Waals surface area (Å²) in [5.41, 5.74) is -1.69. The van der Waals surface area contributed by atoms with Gasteiger partial charge in [-0.15, -0.1) is 0 Å². The van der Waals surface area contributed by atoms with Gasteiger partial charge in [0.05, 0.1) is 6.61 Å².